The summed E-state index contributed by atoms with van der Waals surface area (Å²) in [4.78, 5) is 42.4. The number of aliphatic hydroxyl groups excluding tert-OH is 1. The van der Waals surface area contributed by atoms with Crippen molar-refractivity contribution in [3.63, 3.8) is 0 Å². The number of hydrogen-bond acceptors (Lipinski definition) is 5. The minimum absolute atomic E-state index is 0.133. The van der Waals surface area contributed by atoms with E-state index in [0.29, 0.717) is 11.4 Å². The fourth-order valence-electron chi connectivity index (χ4n) is 4.47. The summed E-state index contributed by atoms with van der Waals surface area (Å²) in [6, 6.07) is 17.8. The molecule has 4 rings (SSSR count). The molecule has 0 saturated heterocycles. The fourth-order valence-corrected chi connectivity index (χ4v) is 4.47. The highest BCUT2D eigenvalue weighted by Crippen LogP contribution is 2.35. The van der Waals surface area contributed by atoms with Gasteiger partial charge in [-0.25, -0.2) is 14.0 Å². The highest BCUT2D eigenvalue weighted by atomic mass is 19.1. The topological polar surface area (TPSA) is 123 Å². The van der Waals surface area contributed by atoms with Gasteiger partial charge < -0.3 is 35.6 Å². The lowest BCUT2D eigenvalue weighted by atomic mass is 9.99. The van der Waals surface area contributed by atoms with Crippen molar-refractivity contribution < 1.29 is 28.6 Å². The van der Waals surface area contributed by atoms with Gasteiger partial charge in [-0.15, -0.1) is 0 Å². The van der Waals surface area contributed by atoms with E-state index in [9.17, 15) is 23.9 Å². The van der Waals surface area contributed by atoms with Gasteiger partial charge in [-0.3, -0.25) is 4.79 Å². The molecule has 0 radical (unpaired) electrons. The number of halogens is 1. The third kappa shape index (κ3) is 7.31. The predicted molar refractivity (Wildman–Crippen MR) is 155 cm³/mol. The molecule has 216 valence electrons. The van der Waals surface area contributed by atoms with Crippen LogP contribution in [0.5, 0.6) is 5.75 Å². The lowest BCUT2D eigenvalue weighted by molar-refractivity contribution is 0.0373. The number of amides is 5. The number of nitrogens with one attached hydrogen (secondary N) is 3. The van der Waals surface area contributed by atoms with Crippen LogP contribution in [0.4, 0.5) is 31.0 Å². The SMILES string of the molecule is C[C@H]1CN([C@@H](C)CO)C(=O)c2cccc(NC(=O)Nc3ccccc3)c2O[C@@H]1CN(C)C(=O)Nc1ccc(F)cc1. The van der Waals surface area contributed by atoms with Crippen molar-refractivity contribution in [2.75, 3.05) is 42.7 Å². The molecule has 0 unspecified atom stereocenters. The first-order valence-electron chi connectivity index (χ1n) is 13.3. The van der Waals surface area contributed by atoms with Crippen LogP contribution < -0.4 is 20.7 Å². The van der Waals surface area contributed by atoms with E-state index < -0.39 is 30.0 Å². The summed E-state index contributed by atoms with van der Waals surface area (Å²) >= 11 is 0. The number of rotatable bonds is 7. The molecule has 1 aliphatic rings. The largest absolute Gasteiger partial charge is 0.485 e. The Bertz CT molecular complexity index is 1370. The van der Waals surface area contributed by atoms with Crippen molar-refractivity contribution in [3.8, 4) is 5.75 Å². The van der Waals surface area contributed by atoms with Gasteiger partial charge in [-0.2, -0.15) is 0 Å². The molecule has 0 aliphatic carbocycles. The number of aliphatic hydroxyl groups is 1. The predicted octanol–water partition coefficient (Wildman–Crippen LogP) is 4.85. The van der Waals surface area contributed by atoms with Crippen molar-refractivity contribution in [2.24, 2.45) is 5.92 Å². The second-order valence-electron chi connectivity index (χ2n) is 10.1. The number of fused-ring (bicyclic) bond motifs is 1. The average Bonchev–Trinajstić information content (AvgIpc) is 2.96. The quantitative estimate of drug-likeness (QED) is 0.327. The summed E-state index contributed by atoms with van der Waals surface area (Å²) in [5.74, 6) is -0.862. The molecule has 1 aliphatic heterocycles. The number of benzene rings is 3. The van der Waals surface area contributed by atoms with E-state index in [4.69, 9.17) is 4.74 Å². The van der Waals surface area contributed by atoms with E-state index >= 15 is 0 Å². The Hall–Kier alpha value is -4.64. The van der Waals surface area contributed by atoms with Gasteiger partial charge in [0.05, 0.1) is 30.4 Å². The second kappa shape index (κ2) is 13.1. The molecular formula is C30H34FN5O5. The number of hydrogen-bond donors (Lipinski definition) is 4. The number of carbonyl (C=O) groups is 3. The van der Waals surface area contributed by atoms with Crippen LogP contribution in [0.15, 0.2) is 72.8 Å². The molecule has 0 bridgehead atoms. The summed E-state index contributed by atoms with van der Waals surface area (Å²) in [6.45, 7) is 3.80. The Morgan fingerprint density at radius 1 is 1.02 bits per heavy atom. The lowest BCUT2D eigenvalue weighted by Gasteiger charge is -2.38. The van der Waals surface area contributed by atoms with Crippen LogP contribution in [-0.2, 0) is 0 Å². The van der Waals surface area contributed by atoms with Gasteiger partial charge in [0.2, 0.25) is 0 Å². The Labute approximate surface area is 238 Å². The van der Waals surface area contributed by atoms with Crippen LogP contribution in [0.2, 0.25) is 0 Å². The number of ether oxygens (including phenoxy) is 1. The molecular weight excluding hydrogens is 529 g/mol. The zero-order valence-corrected chi connectivity index (χ0v) is 23.1. The maximum atomic E-state index is 13.6. The summed E-state index contributed by atoms with van der Waals surface area (Å²) in [5, 5.41) is 18.1. The van der Waals surface area contributed by atoms with E-state index in [1.165, 1.54) is 29.2 Å². The van der Waals surface area contributed by atoms with Gasteiger partial charge in [-0.1, -0.05) is 31.2 Å². The van der Waals surface area contributed by atoms with Crippen molar-refractivity contribution >= 4 is 35.0 Å². The molecule has 0 fully saturated rings. The number of para-hydroxylation sites is 2. The normalized spacial score (nSPS) is 17.3. The molecule has 10 nitrogen and oxygen atoms in total. The number of anilines is 3. The second-order valence-corrected chi connectivity index (χ2v) is 10.1. The molecule has 11 heteroatoms. The van der Waals surface area contributed by atoms with E-state index in [0.717, 1.165) is 0 Å². The highest BCUT2D eigenvalue weighted by Gasteiger charge is 2.35. The summed E-state index contributed by atoms with van der Waals surface area (Å²) < 4.78 is 19.7. The Kier molecular flexibility index (Phi) is 9.41. The van der Waals surface area contributed by atoms with Crippen LogP contribution in [0, 0.1) is 11.7 Å². The Balaban J connectivity index is 1.61. The molecule has 1 heterocycles. The maximum Gasteiger partial charge on any atom is 0.323 e. The number of urea groups is 2. The summed E-state index contributed by atoms with van der Waals surface area (Å²) in [6.07, 6.45) is -0.598. The third-order valence-corrected chi connectivity index (χ3v) is 6.87. The molecule has 4 N–H and O–H groups in total. The van der Waals surface area contributed by atoms with Crippen LogP contribution in [0.25, 0.3) is 0 Å². The van der Waals surface area contributed by atoms with Gasteiger partial charge in [0.1, 0.15) is 11.9 Å². The smallest absolute Gasteiger partial charge is 0.323 e. The molecule has 3 aromatic rings. The van der Waals surface area contributed by atoms with Crippen molar-refractivity contribution in [1.82, 2.24) is 9.80 Å². The van der Waals surface area contributed by atoms with E-state index in [-0.39, 0.29) is 48.5 Å². The van der Waals surface area contributed by atoms with E-state index in [1.54, 1.807) is 61.3 Å². The minimum Gasteiger partial charge on any atom is -0.485 e. The zero-order valence-electron chi connectivity index (χ0n) is 23.1. The molecule has 0 saturated carbocycles. The average molecular weight is 564 g/mol. The van der Waals surface area contributed by atoms with Crippen molar-refractivity contribution in [2.45, 2.75) is 26.0 Å². The van der Waals surface area contributed by atoms with Crippen LogP contribution in [0.3, 0.4) is 0 Å². The number of carbonyl (C=O) groups excluding carboxylic acids is 3. The van der Waals surface area contributed by atoms with Gasteiger partial charge in [0.15, 0.2) is 5.75 Å². The first-order chi connectivity index (χ1) is 19.7. The van der Waals surface area contributed by atoms with Gasteiger partial charge in [-0.05, 0) is 55.5 Å². The molecule has 5 amide bonds. The highest BCUT2D eigenvalue weighted by molar-refractivity contribution is 6.04. The lowest BCUT2D eigenvalue weighted by Crippen LogP contribution is -2.50. The van der Waals surface area contributed by atoms with Gasteiger partial charge in [0, 0.05) is 30.9 Å². The monoisotopic (exact) mass is 563 g/mol. The van der Waals surface area contributed by atoms with Crippen molar-refractivity contribution in [3.05, 3.63) is 84.2 Å². The molecule has 0 aromatic heterocycles. The standard InChI is InChI=1S/C30H34FN5O5/c1-19-16-36(20(2)18-37)28(38)24-10-7-11-25(34-29(39)32-22-8-5-4-6-9-22)27(24)41-26(19)17-35(3)30(40)33-23-14-12-21(31)13-15-23/h4-15,19-20,26,37H,16-18H2,1-3H3,(H,33,40)(H2,32,34,39)/t19-,20-,26+/m0/s1. The van der Waals surface area contributed by atoms with E-state index in [1.807, 2.05) is 13.0 Å². The van der Waals surface area contributed by atoms with Gasteiger partial charge in [0.25, 0.3) is 5.91 Å². The van der Waals surface area contributed by atoms with Crippen LogP contribution in [-0.4, -0.2) is 71.8 Å². The number of likely N-dealkylation sites (N-methyl/N-ethyl adjacent to an activating group) is 1. The Morgan fingerprint density at radius 2 is 1.71 bits per heavy atom. The maximum absolute atomic E-state index is 13.6. The van der Waals surface area contributed by atoms with E-state index in [2.05, 4.69) is 16.0 Å². The van der Waals surface area contributed by atoms with Gasteiger partial charge >= 0.3 is 12.1 Å². The van der Waals surface area contributed by atoms with Crippen LogP contribution >= 0.6 is 0 Å². The molecule has 0 spiro atoms. The first kappa shape index (κ1) is 29.3. The van der Waals surface area contributed by atoms with Crippen molar-refractivity contribution in [1.29, 1.82) is 0 Å². The Morgan fingerprint density at radius 3 is 2.39 bits per heavy atom. The number of nitrogens with zero attached hydrogens (tertiary/aromatic N) is 2. The summed E-state index contributed by atoms with van der Waals surface area (Å²) in [7, 11) is 1.60. The summed E-state index contributed by atoms with van der Waals surface area (Å²) in [5.41, 5.74) is 1.52. The zero-order chi connectivity index (χ0) is 29.5. The first-order valence-corrected chi connectivity index (χ1v) is 13.3. The fraction of sp³-hybridized carbons (Fsp3) is 0.300. The molecule has 3 aromatic carbocycles. The molecule has 41 heavy (non-hydrogen) atoms. The van der Waals surface area contributed by atoms with Crippen LogP contribution in [0.1, 0.15) is 24.2 Å². The third-order valence-electron chi connectivity index (χ3n) is 6.87. The molecule has 3 atom stereocenters. The minimum atomic E-state index is -0.598.